The highest BCUT2D eigenvalue weighted by molar-refractivity contribution is 6.33. The van der Waals surface area contributed by atoms with E-state index in [0.29, 0.717) is 0 Å². The van der Waals surface area contributed by atoms with Crippen LogP contribution in [0.5, 0.6) is 0 Å². The third-order valence-electron chi connectivity index (χ3n) is 3.61. The molecule has 1 aromatic heterocycles. The van der Waals surface area contributed by atoms with Gasteiger partial charge in [-0.3, -0.25) is 9.59 Å². The summed E-state index contributed by atoms with van der Waals surface area (Å²) in [7, 11) is 0. The Hall–Kier alpha value is -3.19. The number of nitrogens with zero attached hydrogens (tertiary/aromatic N) is 1. The first-order chi connectivity index (χ1) is 12.6. The van der Waals surface area contributed by atoms with Gasteiger partial charge in [-0.15, -0.1) is 0 Å². The normalized spacial score (nSPS) is 11.0. The fourth-order valence-electron chi connectivity index (χ4n) is 2.38. The van der Waals surface area contributed by atoms with Crippen LogP contribution in [-0.4, -0.2) is 29.6 Å². The van der Waals surface area contributed by atoms with Crippen LogP contribution in [0, 0.1) is 5.82 Å². The molecule has 3 aromatic rings. The first-order valence-electron chi connectivity index (χ1n) is 7.66. The van der Waals surface area contributed by atoms with Crippen LogP contribution in [-0.2, 0) is 4.79 Å². The minimum absolute atomic E-state index is 0.0275. The number of H-pyrrole nitrogens is 1. The number of amides is 2. The summed E-state index contributed by atoms with van der Waals surface area (Å²) in [6.07, 6.45) is 3.26. The summed E-state index contributed by atoms with van der Waals surface area (Å²) >= 11 is 5.80. The average molecular weight is 373 g/mol. The van der Waals surface area contributed by atoms with Crippen LogP contribution in [0.2, 0.25) is 5.02 Å². The van der Waals surface area contributed by atoms with Crippen LogP contribution in [0.1, 0.15) is 15.9 Å². The molecule has 0 aliphatic heterocycles. The summed E-state index contributed by atoms with van der Waals surface area (Å²) in [6, 6.07) is 11.6. The molecule has 0 aliphatic rings. The van der Waals surface area contributed by atoms with Gasteiger partial charge >= 0.3 is 0 Å². The third kappa shape index (κ3) is 3.89. The molecule has 0 bridgehead atoms. The van der Waals surface area contributed by atoms with Crippen LogP contribution < -0.4 is 10.7 Å². The first-order valence-corrected chi connectivity index (χ1v) is 8.04. The highest BCUT2D eigenvalue weighted by atomic mass is 35.5. The van der Waals surface area contributed by atoms with Gasteiger partial charge in [0.25, 0.3) is 11.8 Å². The molecule has 8 heteroatoms. The number of para-hydroxylation sites is 1. The first kappa shape index (κ1) is 17.6. The van der Waals surface area contributed by atoms with E-state index in [1.807, 2.05) is 24.3 Å². The summed E-state index contributed by atoms with van der Waals surface area (Å²) in [5.41, 5.74) is 3.76. The van der Waals surface area contributed by atoms with Crippen LogP contribution in [0.25, 0.3) is 10.9 Å². The third-order valence-corrected chi connectivity index (χ3v) is 3.93. The zero-order chi connectivity index (χ0) is 18.5. The molecule has 0 atom stereocenters. The van der Waals surface area contributed by atoms with Crippen molar-refractivity contribution < 1.29 is 14.0 Å². The smallest absolute Gasteiger partial charge is 0.259 e. The summed E-state index contributed by atoms with van der Waals surface area (Å²) < 4.78 is 13.6. The predicted octanol–water partition coefficient (Wildman–Crippen LogP) is 2.84. The van der Waals surface area contributed by atoms with E-state index in [2.05, 4.69) is 20.8 Å². The van der Waals surface area contributed by atoms with E-state index < -0.39 is 17.6 Å². The number of hydrogen-bond acceptors (Lipinski definition) is 3. The number of halogens is 2. The van der Waals surface area contributed by atoms with Crippen molar-refractivity contribution in [1.82, 2.24) is 15.7 Å². The standard InChI is InChI=1S/C18H14ClFN4O2/c19-13-5-3-6-14(20)17(13)18(26)22-10-16(25)24-23-9-11-8-21-15-7-2-1-4-12(11)15/h1-9,21H,10H2,(H,22,26)(H,24,25). The van der Waals surface area contributed by atoms with Crippen LogP contribution >= 0.6 is 11.6 Å². The Kier molecular flexibility index (Phi) is 5.28. The number of hydrogen-bond donors (Lipinski definition) is 3. The summed E-state index contributed by atoms with van der Waals surface area (Å²) in [6.45, 7) is -0.366. The van der Waals surface area contributed by atoms with Crippen LogP contribution in [0.4, 0.5) is 4.39 Å². The highest BCUT2D eigenvalue weighted by Crippen LogP contribution is 2.18. The molecule has 1 heterocycles. The fourth-order valence-corrected chi connectivity index (χ4v) is 2.63. The van der Waals surface area contributed by atoms with E-state index in [0.717, 1.165) is 22.5 Å². The minimum Gasteiger partial charge on any atom is -0.361 e. The fraction of sp³-hybridized carbons (Fsp3) is 0.0556. The Bertz CT molecular complexity index is 980. The van der Waals surface area contributed by atoms with Gasteiger partial charge in [0, 0.05) is 22.7 Å². The lowest BCUT2D eigenvalue weighted by atomic mass is 10.2. The second kappa shape index (κ2) is 7.79. The summed E-state index contributed by atoms with van der Waals surface area (Å²) in [4.78, 5) is 26.8. The van der Waals surface area contributed by atoms with E-state index in [1.165, 1.54) is 18.3 Å². The Morgan fingerprint density at radius 1 is 1.19 bits per heavy atom. The van der Waals surface area contributed by atoms with Crippen molar-refractivity contribution >= 4 is 40.5 Å². The number of aromatic amines is 1. The van der Waals surface area contributed by atoms with Crippen molar-refractivity contribution in [1.29, 1.82) is 0 Å². The molecular weight excluding hydrogens is 359 g/mol. The molecule has 6 nitrogen and oxygen atoms in total. The Balaban J connectivity index is 1.55. The summed E-state index contributed by atoms with van der Waals surface area (Å²) in [5.74, 6) is -2.08. The quantitative estimate of drug-likeness (QED) is 0.475. The van der Waals surface area contributed by atoms with E-state index in [1.54, 1.807) is 6.20 Å². The lowest BCUT2D eigenvalue weighted by molar-refractivity contribution is -0.120. The largest absolute Gasteiger partial charge is 0.361 e. The average Bonchev–Trinajstić information content (AvgIpc) is 3.03. The van der Waals surface area contributed by atoms with Gasteiger partial charge in [-0.2, -0.15) is 5.10 Å². The molecule has 0 aliphatic carbocycles. The number of carbonyl (C=O) groups excluding carboxylic acids is 2. The van der Waals surface area contributed by atoms with Gasteiger partial charge in [-0.1, -0.05) is 35.9 Å². The van der Waals surface area contributed by atoms with Crippen molar-refractivity contribution in [2.45, 2.75) is 0 Å². The van der Waals surface area contributed by atoms with Crippen molar-refractivity contribution in [3.05, 3.63) is 70.6 Å². The maximum atomic E-state index is 13.6. The number of carbonyl (C=O) groups is 2. The monoisotopic (exact) mass is 372 g/mol. The second-order valence-electron chi connectivity index (χ2n) is 5.36. The second-order valence-corrected chi connectivity index (χ2v) is 5.77. The van der Waals surface area contributed by atoms with Crippen LogP contribution in [0.3, 0.4) is 0 Å². The van der Waals surface area contributed by atoms with Gasteiger partial charge in [0.15, 0.2) is 0 Å². The Labute approximate surface area is 153 Å². The minimum atomic E-state index is -0.774. The van der Waals surface area contributed by atoms with Gasteiger partial charge in [0.2, 0.25) is 0 Å². The van der Waals surface area contributed by atoms with Gasteiger partial charge in [0.1, 0.15) is 5.82 Å². The summed E-state index contributed by atoms with van der Waals surface area (Å²) in [5, 5.41) is 7.09. The van der Waals surface area contributed by atoms with Gasteiger partial charge in [-0.25, -0.2) is 9.82 Å². The number of nitrogens with one attached hydrogen (secondary N) is 3. The number of benzene rings is 2. The maximum absolute atomic E-state index is 13.6. The Morgan fingerprint density at radius 3 is 2.81 bits per heavy atom. The molecule has 3 rings (SSSR count). The van der Waals surface area contributed by atoms with E-state index in [-0.39, 0.29) is 17.1 Å². The van der Waals surface area contributed by atoms with Gasteiger partial charge in [-0.05, 0) is 18.2 Å². The maximum Gasteiger partial charge on any atom is 0.259 e. The van der Waals surface area contributed by atoms with E-state index in [4.69, 9.17) is 11.6 Å². The van der Waals surface area contributed by atoms with Crippen molar-refractivity contribution in [2.75, 3.05) is 6.54 Å². The number of rotatable bonds is 5. The zero-order valence-corrected chi connectivity index (χ0v) is 14.2. The van der Waals surface area contributed by atoms with Gasteiger partial charge < -0.3 is 10.3 Å². The highest BCUT2D eigenvalue weighted by Gasteiger charge is 2.16. The number of fused-ring (bicyclic) bond motifs is 1. The molecule has 3 N–H and O–H groups in total. The molecular formula is C18H14ClFN4O2. The molecule has 0 unspecified atom stereocenters. The Morgan fingerprint density at radius 2 is 2.00 bits per heavy atom. The zero-order valence-electron chi connectivity index (χ0n) is 13.4. The molecule has 0 saturated heterocycles. The van der Waals surface area contributed by atoms with Crippen molar-refractivity contribution in [2.24, 2.45) is 5.10 Å². The van der Waals surface area contributed by atoms with Crippen LogP contribution in [0.15, 0.2) is 53.8 Å². The SMILES string of the molecule is O=C(CNC(=O)c1c(F)cccc1Cl)NN=Cc1c[nH]c2ccccc12. The molecule has 0 spiro atoms. The van der Waals surface area contributed by atoms with Gasteiger partial charge in [0.05, 0.1) is 23.3 Å². The molecule has 2 amide bonds. The molecule has 2 aromatic carbocycles. The lowest BCUT2D eigenvalue weighted by Crippen LogP contribution is -2.35. The molecule has 0 saturated carbocycles. The van der Waals surface area contributed by atoms with Crippen molar-refractivity contribution in [3.8, 4) is 0 Å². The van der Waals surface area contributed by atoms with Crippen molar-refractivity contribution in [3.63, 3.8) is 0 Å². The molecule has 0 radical (unpaired) electrons. The molecule has 26 heavy (non-hydrogen) atoms. The lowest BCUT2D eigenvalue weighted by Gasteiger charge is -2.06. The van der Waals surface area contributed by atoms with E-state index >= 15 is 0 Å². The number of aromatic nitrogens is 1. The molecule has 0 fully saturated rings. The number of hydrazone groups is 1. The van der Waals surface area contributed by atoms with E-state index in [9.17, 15) is 14.0 Å². The molecule has 132 valence electrons. The predicted molar refractivity (Wildman–Crippen MR) is 97.8 cm³/mol. The topological polar surface area (TPSA) is 86.3 Å².